The van der Waals surface area contributed by atoms with E-state index in [0.29, 0.717) is 5.82 Å². The Morgan fingerprint density at radius 3 is 2.71 bits per heavy atom. The molecule has 0 saturated carbocycles. The number of carbonyl (C=O) groups is 1. The number of aromatic nitrogens is 2. The van der Waals surface area contributed by atoms with E-state index in [1.54, 1.807) is 24.0 Å². The Hall–Kier alpha value is -1.36. The fourth-order valence-corrected chi connectivity index (χ4v) is 0.994. The van der Waals surface area contributed by atoms with Crippen LogP contribution in [0.5, 0.6) is 0 Å². The summed E-state index contributed by atoms with van der Waals surface area (Å²) in [6.45, 7) is 3.81. The number of nitrogens with zero attached hydrogens (tertiary/aromatic N) is 2. The summed E-state index contributed by atoms with van der Waals surface area (Å²) in [7, 11) is 1.79. The number of rotatable bonds is 3. The van der Waals surface area contributed by atoms with E-state index in [2.05, 4.69) is 10.4 Å². The summed E-state index contributed by atoms with van der Waals surface area (Å²) in [6.07, 6.45) is 1.76. The van der Waals surface area contributed by atoms with Gasteiger partial charge >= 0.3 is 0 Å². The Morgan fingerprint density at radius 2 is 2.29 bits per heavy atom. The van der Waals surface area contributed by atoms with Gasteiger partial charge in [-0.3, -0.25) is 9.48 Å². The molecule has 0 aliphatic rings. The van der Waals surface area contributed by atoms with Crippen molar-refractivity contribution in [3.63, 3.8) is 0 Å². The summed E-state index contributed by atoms with van der Waals surface area (Å²) in [5.41, 5.74) is 5.67. The average molecular weight is 196 g/mol. The van der Waals surface area contributed by atoms with Gasteiger partial charge in [-0.1, -0.05) is 13.8 Å². The van der Waals surface area contributed by atoms with Gasteiger partial charge in [0.05, 0.1) is 6.04 Å². The molecular weight excluding hydrogens is 180 g/mol. The van der Waals surface area contributed by atoms with Crippen LogP contribution in [0.3, 0.4) is 0 Å². The lowest BCUT2D eigenvalue weighted by Crippen LogP contribution is -2.39. The fraction of sp³-hybridized carbons (Fsp3) is 0.556. The van der Waals surface area contributed by atoms with Crippen LogP contribution < -0.4 is 11.1 Å². The summed E-state index contributed by atoms with van der Waals surface area (Å²) in [6, 6.07) is 1.24. The van der Waals surface area contributed by atoms with E-state index >= 15 is 0 Å². The zero-order valence-corrected chi connectivity index (χ0v) is 8.69. The lowest BCUT2D eigenvalue weighted by molar-refractivity contribution is -0.118. The van der Waals surface area contributed by atoms with Crippen molar-refractivity contribution < 1.29 is 4.79 Å². The molecule has 1 amide bonds. The van der Waals surface area contributed by atoms with Crippen molar-refractivity contribution in [3.8, 4) is 0 Å². The first kappa shape index (κ1) is 10.7. The zero-order chi connectivity index (χ0) is 10.7. The Morgan fingerprint density at radius 1 is 1.64 bits per heavy atom. The highest BCUT2D eigenvalue weighted by molar-refractivity contribution is 5.93. The number of carbonyl (C=O) groups excluding carboxylic acids is 1. The molecule has 0 radical (unpaired) electrons. The van der Waals surface area contributed by atoms with Gasteiger partial charge in [-0.25, -0.2) is 0 Å². The molecule has 0 bridgehead atoms. The molecule has 0 fully saturated rings. The van der Waals surface area contributed by atoms with Crippen molar-refractivity contribution >= 4 is 11.7 Å². The summed E-state index contributed by atoms with van der Waals surface area (Å²) in [4.78, 5) is 11.5. The smallest absolute Gasteiger partial charge is 0.242 e. The van der Waals surface area contributed by atoms with E-state index in [1.807, 2.05) is 13.8 Å². The fourth-order valence-electron chi connectivity index (χ4n) is 0.994. The van der Waals surface area contributed by atoms with Crippen molar-refractivity contribution in [3.05, 3.63) is 12.3 Å². The highest BCUT2D eigenvalue weighted by atomic mass is 16.2. The Balaban J connectivity index is 2.57. The minimum Gasteiger partial charge on any atom is -0.320 e. The molecule has 1 atom stereocenters. The molecule has 5 nitrogen and oxygen atoms in total. The molecule has 14 heavy (non-hydrogen) atoms. The van der Waals surface area contributed by atoms with Gasteiger partial charge in [-0.2, -0.15) is 5.10 Å². The normalized spacial score (nSPS) is 12.9. The van der Waals surface area contributed by atoms with Gasteiger partial charge in [-0.05, 0) is 5.92 Å². The van der Waals surface area contributed by atoms with Gasteiger partial charge in [0.15, 0.2) is 5.82 Å². The number of nitrogens with two attached hydrogens (primary N) is 1. The Kier molecular flexibility index (Phi) is 3.24. The predicted molar refractivity (Wildman–Crippen MR) is 54.7 cm³/mol. The molecule has 0 saturated heterocycles. The molecule has 3 N–H and O–H groups in total. The number of anilines is 1. The molecule has 78 valence electrons. The quantitative estimate of drug-likeness (QED) is 0.732. The van der Waals surface area contributed by atoms with Crippen molar-refractivity contribution in [1.82, 2.24) is 9.78 Å². The first-order valence-corrected chi connectivity index (χ1v) is 4.57. The monoisotopic (exact) mass is 196 g/mol. The minimum atomic E-state index is -0.489. The van der Waals surface area contributed by atoms with E-state index < -0.39 is 6.04 Å². The molecule has 1 heterocycles. The molecule has 1 rings (SSSR count). The first-order valence-electron chi connectivity index (χ1n) is 4.57. The maximum absolute atomic E-state index is 11.5. The lowest BCUT2D eigenvalue weighted by atomic mass is 10.1. The van der Waals surface area contributed by atoms with Gasteiger partial charge in [0.1, 0.15) is 0 Å². The zero-order valence-electron chi connectivity index (χ0n) is 8.69. The molecule has 0 unspecified atom stereocenters. The van der Waals surface area contributed by atoms with E-state index in [1.165, 1.54) is 0 Å². The maximum atomic E-state index is 11.5. The second-order valence-corrected chi connectivity index (χ2v) is 3.63. The van der Waals surface area contributed by atoms with Crippen LogP contribution in [0.25, 0.3) is 0 Å². The van der Waals surface area contributed by atoms with Gasteiger partial charge in [-0.15, -0.1) is 0 Å². The van der Waals surface area contributed by atoms with Crippen molar-refractivity contribution in [2.45, 2.75) is 19.9 Å². The first-order chi connectivity index (χ1) is 6.50. The molecule has 5 heteroatoms. The van der Waals surface area contributed by atoms with E-state index in [0.717, 1.165) is 0 Å². The highest BCUT2D eigenvalue weighted by Crippen LogP contribution is 2.04. The van der Waals surface area contributed by atoms with Gasteiger partial charge in [0.2, 0.25) is 5.91 Å². The molecule has 0 spiro atoms. The van der Waals surface area contributed by atoms with Crippen LogP contribution in [0.15, 0.2) is 12.3 Å². The standard InChI is InChI=1S/C9H16N4O/c1-6(2)8(10)9(14)11-7-4-5-13(3)12-7/h4-6,8H,10H2,1-3H3,(H,11,12,14)/t8-/m0/s1. The summed E-state index contributed by atoms with van der Waals surface area (Å²) in [5.74, 6) is 0.464. The average Bonchev–Trinajstić information content (AvgIpc) is 2.49. The van der Waals surface area contributed by atoms with E-state index in [9.17, 15) is 4.79 Å². The number of hydrogen-bond acceptors (Lipinski definition) is 3. The molecular formula is C9H16N4O. The largest absolute Gasteiger partial charge is 0.320 e. The van der Waals surface area contributed by atoms with Gasteiger partial charge < -0.3 is 11.1 Å². The summed E-state index contributed by atoms with van der Waals surface area (Å²) >= 11 is 0. The third-order valence-electron chi connectivity index (χ3n) is 1.99. The van der Waals surface area contributed by atoms with Crippen LogP contribution in [0, 0.1) is 5.92 Å². The second kappa shape index (κ2) is 4.23. The molecule has 0 aliphatic heterocycles. The van der Waals surface area contributed by atoms with Crippen LogP contribution in [0.2, 0.25) is 0 Å². The van der Waals surface area contributed by atoms with Crippen LogP contribution in [0.4, 0.5) is 5.82 Å². The Labute approximate surface area is 83.3 Å². The van der Waals surface area contributed by atoms with Crippen molar-refractivity contribution in [2.24, 2.45) is 18.7 Å². The van der Waals surface area contributed by atoms with E-state index in [-0.39, 0.29) is 11.8 Å². The van der Waals surface area contributed by atoms with Crippen LogP contribution in [-0.4, -0.2) is 21.7 Å². The second-order valence-electron chi connectivity index (χ2n) is 3.63. The molecule has 1 aromatic heterocycles. The summed E-state index contributed by atoms with van der Waals surface area (Å²) < 4.78 is 1.62. The van der Waals surface area contributed by atoms with E-state index in [4.69, 9.17) is 5.73 Å². The van der Waals surface area contributed by atoms with Crippen LogP contribution in [0.1, 0.15) is 13.8 Å². The number of nitrogens with one attached hydrogen (secondary N) is 1. The Bertz CT molecular complexity index is 318. The number of amides is 1. The number of aryl methyl sites for hydroxylation is 1. The third-order valence-corrected chi connectivity index (χ3v) is 1.99. The third kappa shape index (κ3) is 2.56. The molecule has 0 aromatic carbocycles. The minimum absolute atomic E-state index is 0.124. The van der Waals surface area contributed by atoms with Crippen molar-refractivity contribution in [2.75, 3.05) is 5.32 Å². The van der Waals surface area contributed by atoms with Crippen LogP contribution >= 0.6 is 0 Å². The summed E-state index contributed by atoms with van der Waals surface area (Å²) in [5, 5.41) is 6.67. The number of hydrogen-bond donors (Lipinski definition) is 2. The van der Waals surface area contributed by atoms with Crippen molar-refractivity contribution in [1.29, 1.82) is 0 Å². The SMILES string of the molecule is CC(C)[C@H](N)C(=O)Nc1ccn(C)n1. The maximum Gasteiger partial charge on any atom is 0.242 e. The van der Waals surface area contributed by atoms with Crippen LogP contribution in [-0.2, 0) is 11.8 Å². The van der Waals surface area contributed by atoms with Gasteiger partial charge in [0, 0.05) is 19.3 Å². The van der Waals surface area contributed by atoms with Gasteiger partial charge in [0.25, 0.3) is 0 Å². The predicted octanol–water partition coefficient (Wildman–Crippen LogP) is 0.342. The molecule has 0 aliphatic carbocycles. The topological polar surface area (TPSA) is 72.9 Å². The lowest BCUT2D eigenvalue weighted by Gasteiger charge is -2.13. The highest BCUT2D eigenvalue weighted by Gasteiger charge is 2.17. The molecule has 1 aromatic rings.